The molecule has 0 saturated heterocycles. The maximum absolute atomic E-state index is 6.06. The summed E-state index contributed by atoms with van der Waals surface area (Å²) >= 11 is 7.76. The van der Waals surface area contributed by atoms with Crippen LogP contribution < -0.4 is 5.32 Å². The Labute approximate surface area is 123 Å². The molecule has 0 fully saturated rings. The number of rotatable bonds is 5. The Morgan fingerprint density at radius 3 is 2.84 bits per heavy atom. The third-order valence-corrected chi connectivity index (χ3v) is 5.21. The second kappa shape index (κ2) is 5.66. The lowest BCUT2D eigenvalue weighted by Gasteiger charge is -2.33. The second-order valence-electron chi connectivity index (χ2n) is 5.09. The zero-order valence-corrected chi connectivity index (χ0v) is 12.6. The van der Waals surface area contributed by atoms with Crippen LogP contribution in [0.5, 0.6) is 0 Å². The third-order valence-electron chi connectivity index (χ3n) is 3.87. The first-order valence-corrected chi connectivity index (χ1v) is 8.03. The van der Waals surface area contributed by atoms with Crippen LogP contribution in [0.25, 0.3) is 0 Å². The van der Waals surface area contributed by atoms with Gasteiger partial charge in [0.1, 0.15) is 0 Å². The van der Waals surface area contributed by atoms with E-state index >= 15 is 0 Å². The number of fused-ring (bicyclic) bond motifs is 1. The molecule has 0 amide bonds. The first-order valence-electron chi connectivity index (χ1n) is 6.84. The van der Waals surface area contributed by atoms with Crippen molar-refractivity contribution in [1.29, 1.82) is 0 Å². The Morgan fingerprint density at radius 1 is 1.32 bits per heavy atom. The summed E-state index contributed by atoms with van der Waals surface area (Å²) in [6.07, 6.45) is 2.39. The zero-order valence-electron chi connectivity index (χ0n) is 11.0. The Bertz CT molecular complexity index is 563. The molecule has 0 radical (unpaired) electrons. The summed E-state index contributed by atoms with van der Waals surface area (Å²) in [5.74, 6) is 0.695. The Morgan fingerprint density at radius 2 is 2.16 bits per heavy atom. The SMILES string of the molecule is CCNC(CC1Cc2ccccc21)c1ccc(Cl)s1. The highest BCUT2D eigenvalue weighted by atomic mass is 35.5. The molecular formula is C16H18ClNS. The summed E-state index contributed by atoms with van der Waals surface area (Å²) in [6.45, 7) is 3.16. The average molecular weight is 292 g/mol. The van der Waals surface area contributed by atoms with E-state index in [2.05, 4.69) is 42.6 Å². The topological polar surface area (TPSA) is 12.0 Å². The number of benzene rings is 1. The van der Waals surface area contributed by atoms with Crippen molar-refractivity contribution in [2.45, 2.75) is 31.7 Å². The minimum absolute atomic E-state index is 0.431. The van der Waals surface area contributed by atoms with Crippen molar-refractivity contribution in [3.8, 4) is 0 Å². The smallest absolute Gasteiger partial charge is 0.0931 e. The molecule has 1 aromatic carbocycles. The van der Waals surface area contributed by atoms with Crippen LogP contribution in [0, 0.1) is 0 Å². The van der Waals surface area contributed by atoms with Gasteiger partial charge in [0.25, 0.3) is 0 Å². The van der Waals surface area contributed by atoms with Gasteiger partial charge in [-0.1, -0.05) is 42.8 Å². The summed E-state index contributed by atoms with van der Waals surface area (Å²) in [7, 11) is 0. The summed E-state index contributed by atoms with van der Waals surface area (Å²) in [6, 6.07) is 13.4. The van der Waals surface area contributed by atoms with Crippen molar-refractivity contribution in [3.05, 3.63) is 56.7 Å². The molecular weight excluding hydrogens is 274 g/mol. The fourth-order valence-electron chi connectivity index (χ4n) is 2.92. The zero-order chi connectivity index (χ0) is 13.2. The second-order valence-corrected chi connectivity index (χ2v) is 6.83. The number of halogens is 1. The highest BCUT2D eigenvalue weighted by Gasteiger charge is 2.28. The maximum atomic E-state index is 6.06. The number of hydrogen-bond donors (Lipinski definition) is 1. The van der Waals surface area contributed by atoms with Gasteiger partial charge >= 0.3 is 0 Å². The quantitative estimate of drug-likeness (QED) is 0.836. The van der Waals surface area contributed by atoms with Crippen LogP contribution >= 0.6 is 22.9 Å². The first-order chi connectivity index (χ1) is 9.28. The number of nitrogens with one attached hydrogen (secondary N) is 1. The van der Waals surface area contributed by atoms with Crippen molar-refractivity contribution in [2.75, 3.05) is 6.54 Å². The number of thiophene rings is 1. The predicted molar refractivity (Wildman–Crippen MR) is 83.3 cm³/mol. The molecule has 3 heteroatoms. The van der Waals surface area contributed by atoms with Gasteiger partial charge in [0.2, 0.25) is 0 Å². The van der Waals surface area contributed by atoms with Crippen molar-refractivity contribution in [1.82, 2.24) is 5.32 Å². The van der Waals surface area contributed by atoms with Crippen LogP contribution in [-0.4, -0.2) is 6.54 Å². The molecule has 1 N–H and O–H groups in total. The van der Waals surface area contributed by atoms with Gasteiger partial charge in [0, 0.05) is 10.9 Å². The van der Waals surface area contributed by atoms with Gasteiger partial charge in [-0.3, -0.25) is 0 Å². The van der Waals surface area contributed by atoms with Crippen LogP contribution in [0.15, 0.2) is 36.4 Å². The standard InChI is InChI=1S/C16H18ClNS/c1-2-18-14(15-7-8-16(17)19-15)10-12-9-11-5-3-4-6-13(11)12/h3-8,12,14,18H,2,9-10H2,1H3. The normalized spacial score (nSPS) is 18.7. The van der Waals surface area contributed by atoms with E-state index in [0.717, 1.165) is 10.9 Å². The van der Waals surface area contributed by atoms with Gasteiger partial charge < -0.3 is 5.32 Å². The fraction of sp³-hybridized carbons (Fsp3) is 0.375. The summed E-state index contributed by atoms with van der Waals surface area (Å²) < 4.78 is 0.881. The maximum Gasteiger partial charge on any atom is 0.0931 e. The molecule has 1 aliphatic rings. The molecule has 1 heterocycles. The molecule has 100 valence electrons. The lowest BCUT2D eigenvalue weighted by Crippen LogP contribution is -2.26. The monoisotopic (exact) mass is 291 g/mol. The van der Waals surface area contributed by atoms with Gasteiger partial charge in [-0.15, -0.1) is 11.3 Å². The van der Waals surface area contributed by atoms with Gasteiger partial charge in [-0.2, -0.15) is 0 Å². The van der Waals surface area contributed by atoms with E-state index < -0.39 is 0 Å². The molecule has 2 aromatic rings. The van der Waals surface area contributed by atoms with Crippen molar-refractivity contribution in [3.63, 3.8) is 0 Å². The average Bonchev–Trinajstić information content (AvgIpc) is 2.81. The molecule has 2 unspecified atom stereocenters. The Balaban J connectivity index is 1.73. The molecule has 0 saturated carbocycles. The van der Waals surface area contributed by atoms with E-state index in [9.17, 15) is 0 Å². The molecule has 0 bridgehead atoms. The molecule has 0 aliphatic heterocycles. The molecule has 2 atom stereocenters. The van der Waals surface area contributed by atoms with Crippen LogP contribution in [0.2, 0.25) is 4.34 Å². The molecule has 19 heavy (non-hydrogen) atoms. The van der Waals surface area contributed by atoms with Crippen LogP contribution in [0.4, 0.5) is 0 Å². The highest BCUT2D eigenvalue weighted by Crippen LogP contribution is 2.42. The molecule has 1 aromatic heterocycles. The van der Waals surface area contributed by atoms with Crippen LogP contribution in [0.3, 0.4) is 0 Å². The lowest BCUT2D eigenvalue weighted by molar-refractivity contribution is 0.440. The molecule has 1 aliphatic carbocycles. The van der Waals surface area contributed by atoms with Crippen molar-refractivity contribution >= 4 is 22.9 Å². The molecule has 0 spiro atoms. The molecule has 3 rings (SSSR count). The summed E-state index contributed by atoms with van der Waals surface area (Å²) in [5.41, 5.74) is 3.06. The highest BCUT2D eigenvalue weighted by molar-refractivity contribution is 7.16. The van der Waals surface area contributed by atoms with Crippen LogP contribution in [-0.2, 0) is 6.42 Å². The van der Waals surface area contributed by atoms with E-state index in [1.54, 1.807) is 11.3 Å². The van der Waals surface area contributed by atoms with Gasteiger partial charge in [0.15, 0.2) is 0 Å². The largest absolute Gasteiger partial charge is 0.310 e. The van der Waals surface area contributed by atoms with Crippen LogP contribution in [0.1, 0.15) is 41.3 Å². The van der Waals surface area contributed by atoms with E-state index in [0.29, 0.717) is 12.0 Å². The van der Waals surface area contributed by atoms with Gasteiger partial charge in [0.05, 0.1) is 4.34 Å². The molecule has 1 nitrogen and oxygen atoms in total. The van der Waals surface area contributed by atoms with Gasteiger partial charge in [-0.25, -0.2) is 0 Å². The summed E-state index contributed by atoms with van der Waals surface area (Å²) in [4.78, 5) is 1.36. The minimum Gasteiger partial charge on any atom is -0.310 e. The fourth-order valence-corrected chi connectivity index (χ4v) is 4.07. The predicted octanol–water partition coefficient (Wildman–Crippen LogP) is 4.78. The summed E-state index contributed by atoms with van der Waals surface area (Å²) in [5, 5.41) is 3.59. The number of hydrogen-bond acceptors (Lipinski definition) is 2. The van der Waals surface area contributed by atoms with E-state index in [1.165, 1.54) is 28.8 Å². The van der Waals surface area contributed by atoms with Crippen molar-refractivity contribution in [2.24, 2.45) is 0 Å². The van der Waals surface area contributed by atoms with Crippen molar-refractivity contribution < 1.29 is 0 Å². The third kappa shape index (κ3) is 2.71. The minimum atomic E-state index is 0.431. The van der Waals surface area contributed by atoms with E-state index in [-0.39, 0.29) is 0 Å². The Kier molecular flexibility index (Phi) is 3.92. The first kappa shape index (κ1) is 13.2. The Hall–Kier alpha value is -0.830. The van der Waals surface area contributed by atoms with E-state index in [4.69, 9.17) is 11.6 Å². The lowest BCUT2D eigenvalue weighted by atomic mass is 9.74. The van der Waals surface area contributed by atoms with E-state index in [1.807, 2.05) is 6.07 Å². The van der Waals surface area contributed by atoms with Gasteiger partial charge in [-0.05, 0) is 48.6 Å².